The van der Waals surface area contributed by atoms with Gasteiger partial charge in [0.1, 0.15) is 16.9 Å². The highest BCUT2D eigenvalue weighted by Crippen LogP contribution is 2.50. The largest absolute Gasteiger partial charge is 0.495 e. The van der Waals surface area contributed by atoms with E-state index in [1.165, 1.54) is 0 Å². The van der Waals surface area contributed by atoms with Crippen molar-refractivity contribution in [2.24, 2.45) is 0 Å². The van der Waals surface area contributed by atoms with Gasteiger partial charge in [0.15, 0.2) is 11.7 Å². The standard InChI is InChI=1S/C26H23N3O4/c1-25(31-12-13-32-25)26(20-8-5-6-18(14-20)16-27,21-10-11-28-17-23(21)30-2)29-24-15-19-7-3-4-9-22(19)33-24/h3-11,14-15,17,29H,12-13H2,1-2H3. The van der Waals surface area contributed by atoms with E-state index in [4.69, 9.17) is 18.6 Å². The minimum absolute atomic E-state index is 0.422. The van der Waals surface area contributed by atoms with Crippen molar-refractivity contribution in [1.82, 2.24) is 4.98 Å². The van der Waals surface area contributed by atoms with Gasteiger partial charge in [-0.1, -0.05) is 30.3 Å². The normalized spacial score (nSPS) is 16.8. The molecule has 0 saturated carbocycles. The van der Waals surface area contributed by atoms with Gasteiger partial charge in [0.25, 0.3) is 0 Å². The summed E-state index contributed by atoms with van der Waals surface area (Å²) in [6.07, 6.45) is 3.34. The molecule has 5 rings (SSSR count). The number of benzene rings is 2. The Morgan fingerprint density at radius 3 is 2.67 bits per heavy atom. The number of methoxy groups -OCH3 is 1. The fourth-order valence-corrected chi connectivity index (χ4v) is 4.55. The van der Waals surface area contributed by atoms with Crippen LogP contribution < -0.4 is 10.1 Å². The number of pyridine rings is 1. The van der Waals surface area contributed by atoms with Gasteiger partial charge in [-0.3, -0.25) is 4.98 Å². The molecular weight excluding hydrogens is 418 g/mol. The van der Waals surface area contributed by atoms with Crippen LogP contribution in [0.15, 0.2) is 77.5 Å². The third-order valence-electron chi connectivity index (χ3n) is 6.09. The molecule has 1 aliphatic rings. The van der Waals surface area contributed by atoms with Crippen molar-refractivity contribution in [2.45, 2.75) is 18.2 Å². The topological polar surface area (TPSA) is 89.5 Å². The molecule has 2 aromatic carbocycles. The molecule has 7 nitrogen and oxygen atoms in total. The Morgan fingerprint density at radius 2 is 1.91 bits per heavy atom. The highest BCUT2D eigenvalue weighted by Gasteiger charge is 2.57. The van der Waals surface area contributed by atoms with Crippen LogP contribution >= 0.6 is 0 Å². The number of rotatable bonds is 6. The van der Waals surface area contributed by atoms with Crippen LogP contribution in [0, 0.1) is 11.3 Å². The lowest BCUT2D eigenvalue weighted by Crippen LogP contribution is -2.56. The smallest absolute Gasteiger partial charge is 0.197 e. The van der Waals surface area contributed by atoms with Crippen molar-refractivity contribution in [3.05, 3.63) is 89.7 Å². The van der Waals surface area contributed by atoms with E-state index in [0.29, 0.717) is 30.4 Å². The van der Waals surface area contributed by atoms with Crippen LogP contribution in [-0.2, 0) is 15.0 Å². The monoisotopic (exact) mass is 441 g/mol. The first-order chi connectivity index (χ1) is 16.1. The molecule has 1 N–H and O–H groups in total. The minimum Gasteiger partial charge on any atom is -0.495 e. The Kier molecular flexibility index (Phi) is 5.25. The molecule has 0 aliphatic carbocycles. The zero-order valence-corrected chi connectivity index (χ0v) is 18.4. The highest BCUT2D eigenvalue weighted by molar-refractivity contribution is 5.81. The quantitative estimate of drug-likeness (QED) is 0.458. The van der Waals surface area contributed by atoms with Crippen molar-refractivity contribution in [3.63, 3.8) is 0 Å². The Hall–Kier alpha value is -3.86. The Labute approximate surface area is 191 Å². The van der Waals surface area contributed by atoms with Crippen LogP contribution in [0.5, 0.6) is 5.75 Å². The summed E-state index contributed by atoms with van der Waals surface area (Å²) >= 11 is 0. The SMILES string of the molecule is COc1cnccc1C(Nc1cc2ccccc2o1)(c1cccc(C#N)c1)C1(C)OCCO1. The van der Waals surface area contributed by atoms with Crippen molar-refractivity contribution in [3.8, 4) is 11.8 Å². The average Bonchev–Trinajstić information content (AvgIpc) is 3.49. The Balaban J connectivity index is 1.82. The van der Waals surface area contributed by atoms with Gasteiger partial charge >= 0.3 is 0 Å². The Morgan fingerprint density at radius 1 is 1.09 bits per heavy atom. The molecule has 4 aromatic rings. The number of anilines is 1. The summed E-state index contributed by atoms with van der Waals surface area (Å²) in [5.74, 6) is -0.0872. The molecule has 2 aromatic heterocycles. The fraction of sp³-hybridized carbons (Fsp3) is 0.231. The predicted molar refractivity (Wildman–Crippen MR) is 123 cm³/mol. The van der Waals surface area contributed by atoms with E-state index in [1.54, 1.807) is 25.6 Å². The molecule has 166 valence electrons. The number of aromatic nitrogens is 1. The first-order valence-electron chi connectivity index (χ1n) is 10.6. The second kappa shape index (κ2) is 8.24. The lowest BCUT2D eigenvalue weighted by Gasteiger charge is -2.46. The third kappa shape index (κ3) is 3.41. The number of nitrogens with one attached hydrogen (secondary N) is 1. The van der Waals surface area contributed by atoms with E-state index in [9.17, 15) is 5.26 Å². The maximum Gasteiger partial charge on any atom is 0.197 e. The van der Waals surface area contributed by atoms with E-state index >= 15 is 0 Å². The maximum atomic E-state index is 9.63. The minimum atomic E-state index is -1.16. The lowest BCUT2D eigenvalue weighted by atomic mass is 9.75. The van der Waals surface area contributed by atoms with Crippen molar-refractivity contribution in [2.75, 3.05) is 25.6 Å². The molecule has 1 aliphatic heterocycles. The predicted octanol–water partition coefficient (Wildman–Crippen LogP) is 4.83. The van der Waals surface area contributed by atoms with E-state index in [1.807, 2.05) is 61.5 Å². The number of para-hydroxylation sites is 1. The highest BCUT2D eigenvalue weighted by atomic mass is 16.7. The molecule has 7 heteroatoms. The average molecular weight is 441 g/mol. The van der Waals surface area contributed by atoms with Crippen molar-refractivity contribution in [1.29, 1.82) is 5.26 Å². The molecule has 1 saturated heterocycles. The van der Waals surface area contributed by atoms with Crippen LogP contribution in [0.25, 0.3) is 11.0 Å². The molecule has 33 heavy (non-hydrogen) atoms. The summed E-state index contributed by atoms with van der Waals surface area (Å²) in [5, 5.41) is 14.2. The van der Waals surface area contributed by atoms with Gasteiger partial charge in [-0.05, 0) is 36.8 Å². The van der Waals surface area contributed by atoms with Gasteiger partial charge in [-0.25, -0.2) is 0 Å². The van der Waals surface area contributed by atoms with Crippen LogP contribution in [0.2, 0.25) is 0 Å². The number of hydrogen-bond acceptors (Lipinski definition) is 7. The van der Waals surface area contributed by atoms with Crippen molar-refractivity contribution < 1.29 is 18.6 Å². The van der Waals surface area contributed by atoms with Gasteiger partial charge in [-0.2, -0.15) is 5.26 Å². The summed E-state index contributed by atoms with van der Waals surface area (Å²) < 4.78 is 24.4. The number of nitrogens with zero attached hydrogens (tertiary/aromatic N) is 2. The second-order valence-corrected chi connectivity index (χ2v) is 7.93. The van der Waals surface area contributed by atoms with E-state index in [0.717, 1.165) is 22.1 Å². The number of ether oxygens (including phenoxy) is 3. The van der Waals surface area contributed by atoms with Gasteiger partial charge < -0.3 is 23.9 Å². The molecule has 3 heterocycles. The molecule has 1 atom stereocenters. The zero-order chi connectivity index (χ0) is 22.9. The molecule has 1 fully saturated rings. The third-order valence-corrected chi connectivity index (χ3v) is 6.09. The molecular formula is C26H23N3O4. The number of furan rings is 1. The van der Waals surface area contributed by atoms with Gasteiger partial charge in [0.05, 0.1) is 38.2 Å². The van der Waals surface area contributed by atoms with E-state index in [-0.39, 0.29) is 0 Å². The molecule has 0 amide bonds. The van der Waals surface area contributed by atoms with Crippen LogP contribution in [0.4, 0.5) is 5.88 Å². The fourth-order valence-electron chi connectivity index (χ4n) is 4.55. The molecule has 0 bridgehead atoms. The number of hydrogen-bond donors (Lipinski definition) is 1. The van der Waals surface area contributed by atoms with Crippen LogP contribution in [0.1, 0.15) is 23.6 Å². The van der Waals surface area contributed by atoms with Gasteiger partial charge in [0.2, 0.25) is 0 Å². The molecule has 0 radical (unpaired) electrons. The molecule has 0 spiro atoms. The first kappa shape index (κ1) is 21.0. The summed E-state index contributed by atoms with van der Waals surface area (Å²) in [6.45, 7) is 2.73. The second-order valence-electron chi connectivity index (χ2n) is 7.93. The zero-order valence-electron chi connectivity index (χ0n) is 18.4. The summed E-state index contributed by atoms with van der Waals surface area (Å²) in [6, 6.07) is 21.2. The van der Waals surface area contributed by atoms with Crippen LogP contribution in [-0.4, -0.2) is 31.1 Å². The van der Waals surface area contributed by atoms with Gasteiger partial charge in [0, 0.05) is 23.2 Å². The van der Waals surface area contributed by atoms with Crippen molar-refractivity contribution >= 4 is 16.9 Å². The number of nitriles is 1. The summed E-state index contributed by atoms with van der Waals surface area (Å²) in [5.41, 5.74) is 1.62. The maximum absolute atomic E-state index is 9.63. The van der Waals surface area contributed by atoms with E-state index < -0.39 is 11.3 Å². The molecule has 1 unspecified atom stereocenters. The summed E-state index contributed by atoms with van der Waals surface area (Å²) in [7, 11) is 1.59. The summed E-state index contributed by atoms with van der Waals surface area (Å²) in [4.78, 5) is 4.24. The van der Waals surface area contributed by atoms with Gasteiger partial charge in [-0.15, -0.1) is 0 Å². The number of fused-ring (bicyclic) bond motifs is 1. The van der Waals surface area contributed by atoms with Crippen LogP contribution in [0.3, 0.4) is 0 Å². The van der Waals surface area contributed by atoms with E-state index in [2.05, 4.69) is 16.4 Å². The lowest BCUT2D eigenvalue weighted by molar-refractivity contribution is -0.178. The first-order valence-corrected chi connectivity index (χ1v) is 10.6. The Bertz CT molecular complexity index is 1300.